The number of thiazole rings is 1. The maximum atomic E-state index is 12.3. The molecule has 0 saturated carbocycles. The molecule has 8 heteroatoms. The number of hydrogen-bond donors (Lipinski definition) is 2. The number of aromatic nitrogens is 1. The molecular formula is C11H7BF2N2O2S. The van der Waals surface area contributed by atoms with Crippen molar-refractivity contribution in [3.8, 4) is 5.75 Å². The van der Waals surface area contributed by atoms with Gasteiger partial charge in [-0.1, -0.05) is 11.5 Å². The number of rotatable bonds is 3. The molecule has 1 amide bonds. The smallest absolute Gasteiger partial charge is 0.281 e. The zero-order chi connectivity index (χ0) is 14.0. The Morgan fingerprint density at radius 2 is 2.16 bits per heavy atom. The minimum absolute atomic E-state index is 0.0576. The average Bonchev–Trinajstić information content (AvgIpc) is 2.76. The second-order valence-electron chi connectivity index (χ2n) is 3.65. The summed E-state index contributed by atoms with van der Waals surface area (Å²) in [6, 6.07) is 3.86. The number of benzene rings is 1. The Labute approximate surface area is 112 Å². The quantitative estimate of drug-likeness (QED) is 0.843. The topological polar surface area (TPSA) is 62.2 Å². The van der Waals surface area contributed by atoms with Gasteiger partial charge in [0, 0.05) is 10.9 Å². The maximum Gasteiger partial charge on any atom is 0.281 e. The Kier molecular flexibility index (Phi) is 3.80. The molecule has 0 aliphatic heterocycles. The SMILES string of the molecule is [B]c1cc(O)cc(C(=O)Nc2nc(C(F)F)cs2)c1. The molecule has 4 nitrogen and oxygen atoms in total. The number of amides is 1. The fourth-order valence-electron chi connectivity index (χ4n) is 1.38. The van der Waals surface area contributed by atoms with Crippen molar-refractivity contribution < 1.29 is 18.7 Å². The third-order valence-corrected chi connectivity index (χ3v) is 2.94. The van der Waals surface area contributed by atoms with E-state index in [4.69, 9.17) is 7.85 Å². The summed E-state index contributed by atoms with van der Waals surface area (Å²) in [4.78, 5) is 15.4. The Balaban J connectivity index is 2.15. The molecule has 2 aromatic rings. The highest BCUT2D eigenvalue weighted by Gasteiger charge is 2.14. The molecule has 2 radical (unpaired) electrons. The minimum atomic E-state index is -2.68. The molecule has 1 aromatic carbocycles. The van der Waals surface area contributed by atoms with Crippen LogP contribution in [-0.4, -0.2) is 23.8 Å². The number of anilines is 1. The van der Waals surface area contributed by atoms with Gasteiger partial charge in [0.05, 0.1) is 0 Å². The molecule has 1 heterocycles. The van der Waals surface area contributed by atoms with Gasteiger partial charge in [-0.25, -0.2) is 13.8 Å². The second-order valence-corrected chi connectivity index (χ2v) is 4.50. The Hall–Kier alpha value is -1.96. The first-order chi connectivity index (χ1) is 8.95. The van der Waals surface area contributed by atoms with Crippen LogP contribution in [-0.2, 0) is 0 Å². The summed E-state index contributed by atoms with van der Waals surface area (Å²) in [7, 11) is 5.48. The van der Waals surface area contributed by atoms with E-state index in [1.165, 1.54) is 18.2 Å². The van der Waals surface area contributed by atoms with Crippen LogP contribution < -0.4 is 10.8 Å². The average molecular weight is 280 g/mol. The van der Waals surface area contributed by atoms with Gasteiger partial charge < -0.3 is 5.11 Å². The predicted molar refractivity (Wildman–Crippen MR) is 68.5 cm³/mol. The lowest BCUT2D eigenvalue weighted by atomic mass is 9.94. The van der Waals surface area contributed by atoms with Gasteiger partial charge in [0.15, 0.2) is 5.13 Å². The summed E-state index contributed by atoms with van der Waals surface area (Å²) in [5.41, 5.74) is -0.0559. The lowest BCUT2D eigenvalue weighted by molar-refractivity contribution is 0.102. The van der Waals surface area contributed by atoms with Gasteiger partial charge >= 0.3 is 0 Å². The molecule has 0 spiro atoms. The molecule has 0 bridgehead atoms. The summed E-state index contributed by atoms with van der Waals surface area (Å²) in [6.45, 7) is 0. The van der Waals surface area contributed by atoms with Crippen molar-refractivity contribution in [1.29, 1.82) is 0 Å². The van der Waals surface area contributed by atoms with E-state index < -0.39 is 18.0 Å². The predicted octanol–water partition coefficient (Wildman–Crippen LogP) is 1.83. The molecule has 19 heavy (non-hydrogen) atoms. The van der Waals surface area contributed by atoms with Gasteiger partial charge in [-0.05, 0) is 12.1 Å². The van der Waals surface area contributed by atoms with Crippen molar-refractivity contribution in [2.75, 3.05) is 5.32 Å². The normalized spacial score (nSPS) is 10.7. The van der Waals surface area contributed by atoms with Crippen LogP contribution in [0.2, 0.25) is 0 Å². The van der Waals surface area contributed by atoms with Gasteiger partial charge in [0.1, 0.15) is 19.3 Å². The second kappa shape index (κ2) is 5.35. The molecule has 2 N–H and O–H groups in total. The highest BCUT2D eigenvalue weighted by Crippen LogP contribution is 2.24. The van der Waals surface area contributed by atoms with Gasteiger partial charge in [-0.2, -0.15) is 0 Å². The molecular weight excluding hydrogens is 273 g/mol. The first kappa shape index (κ1) is 13.5. The van der Waals surface area contributed by atoms with E-state index in [-0.39, 0.29) is 21.9 Å². The number of aromatic hydroxyl groups is 1. The van der Waals surface area contributed by atoms with E-state index in [9.17, 15) is 18.7 Å². The highest BCUT2D eigenvalue weighted by atomic mass is 32.1. The van der Waals surface area contributed by atoms with Crippen LogP contribution in [0.1, 0.15) is 22.5 Å². The Bertz CT molecular complexity index is 598. The summed E-state index contributed by atoms with van der Waals surface area (Å²) in [6.07, 6.45) is -2.68. The number of carbonyl (C=O) groups is 1. The Morgan fingerprint density at radius 3 is 2.74 bits per heavy atom. The van der Waals surface area contributed by atoms with Crippen molar-refractivity contribution in [1.82, 2.24) is 4.98 Å². The Morgan fingerprint density at radius 1 is 1.42 bits per heavy atom. The number of phenols is 1. The number of nitrogens with zero attached hydrogens (tertiary/aromatic N) is 1. The number of carbonyl (C=O) groups excluding carboxylic acids is 1. The molecule has 2 rings (SSSR count). The summed E-state index contributed by atoms with van der Waals surface area (Å²) in [5.74, 6) is -0.740. The number of phenolic OH excluding ortho intramolecular Hbond substituents is 1. The number of alkyl halides is 2. The van der Waals surface area contributed by atoms with Crippen molar-refractivity contribution in [2.24, 2.45) is 0 Å². The van der Waals surface area contributed by atoms with Crippen LogP contribution in [0, 0.1) is 0 Å². The van der Waals surface area contributed by atoms with E-state index in [1.54, 1.807) is 0 Å². The van der Waals surface area contributed by atoms with Gasteiger partial charge in [-0.3, -0.25) is 10.1 Å². The van der Waals surface area contributed by atoms with Crippen LogP contribution in [0.4, 0.5) is 13.9 Å². The minimum Gasteiger partial charge on any atom is -0.508 e. The van der Waals surface area contributed by atoms with Gasteiger partial charge in [0.25, 0.3) is 12.3 Å². The summed E-state index contributed by atoms with van der Waals surface area (Å²) >= 11 is 0.892. The van der Waals surface area contributed by atoms with Crippen LogP contribution >= 0.6 is 11.3 Å². The molecule has 0 fully saturated rings. The van der Waals surface area contributed by atoms with E-state index in [2.05, 4.69) is 10.3 Å². The number of halogens is 2. The van der Waals surface area contributed by atoms with E-state index in [0.717, 1.165) is 16.7 Å². The van der Waals surface area contributed by atoms with E-state index in [1.807, 2.05) is 0 Å². The number of nitrogens with one attached hydrogen (secondary N) is 1. The fourth-order valence-corrected chi connectivity index (χ4v) is 2.08. The third-order valence-electron chi connectivity index (χ3n) is 2.17. The first-order valence-corrected chi connectivity index (χ1v) is 5.98. The van der Waals surface area contributed by atoms with E-state index >= 15 is 0 Å². The van der Waals surface area contributed by atoms with Crippen molar-refractivity contribution >= 4 is 35.7 Å². The lowest BCUT2D eigenvalue weighted by Gasteiger charge is -2.04. The first-order valence-electron chi connectivity index (χ1n) is 5.10. The zero-order valence-corrected chi connectivity index (χ0v) is 10.2. The standard InChI is InChI=1S/C11H7BF2N2O2S/c12-6-1-5(2-7(17)3-6)10(18)16-11-15-8(4-19-11)9(13)14/h1-4,9,17H,(H,15,16,18). The summed E-state index contributed by atoms with van der Waals surface area (Å²) < 4.78 is 24.7. The highest BCUT2D eigenvalue weighted by molar-refractivity contribution is 7.14. The molecule has 96 valence electrons. The largest absolute Gasteiger partial charge is 0.508 e. The summed E-state index contributed by atoms with van der Waals surface area (Å²) in [5, 5.41) is 12.9. The zero-order valence-electron chi connectivity index (χ0n) is 9.43. The molecule has 1 aromatic heterocycles. The lowest BCUT2D eigenvalue weighted by Crippen LogP contribution is -2.14. The molecule has 0 aliphatic carbocycles. The van der Waals surface area contributed by atoms with Crippen LogP contribution in [0.25, 0.3) is 0 Å². The third kappa shape index (κ3) is 3.28. The van der Waals surface area contributed by atoms with Crippen LogP contribution in [0.5, 0.6) is 5.75 Å². The van der Waals surface area contributed by atoms with Crippen LogP contribution in [0.15, 0.2) is 23.6 Å². The van der Waals surface area contributed by atoms with Crippen molar-refractivity contribution in [2.45, 2.75) is 6.43 Å². The fraction of sp³-hybridized carbons (Fsp3) is 0.0909. The monoisotopic (exact) mass is 280 g/mol. The molecule has 0 unspecified atom stereocenters. The van der Waals surface area contributed by atoms with Crippen molar-refractivity contribution in [3.63, 3.8) is 0 Å². The van der Waals surface area contributed by atoms with Gasteiger partial charge in [0.2, 0.25) is 0 Å². The number of hydrogen-bond acceptors (Lipinski definition) is 4. The molecule has 0 aliphatic rings. The van der Waals surface area contributed by atoms with Crippen molar-refractivity contribution in [3.05, 3.63) is 34.8 Å². The van der Waals surface area contributed by atoms with Gasteiger partial charge in [-0.15, -0.1) is 11.3 Å². The van der Waals surface area contributed by atoms with E-state index in [0.29, 0.717) is 0 Å². The molecule has 0 saturated heterocycles. The molecule has 0 atom stereocenters. The van der Waals surface area contributed by atoms with Crippen LogP contribution in [0.3, 0.4) is 0 Å². The maximum absolute atomic E-state index is 12.3.